The van der Waals surface area contributed by atoms with Gasteiger partial charge in [-0.15, -0.1) is 0 Å². The molecule has 0 aliphatic rings. The lowest BCUT2D eigenvalue weighted by atomic mass is 10.1. The van der Waals surface area contributed by atoms with Crippen molar-refractivity contribution in [2.75, 3.05) is 7.11 Å². The summed E-state index contributed by atoms with van der Waals surface area (Å²) in [5.41, 5.74) is 3.78. The molecule has 0 N–H and O–H groups in total. The molecule has 0 heterocycles. The third-order valence-corrected chi connectivity index (χ3v) is 6.61. The van der Waals surface area contributed by atoms with Gasteiger partial charge >= 0.3 is 0 Å². The Labute approximate surface area is 167 Å². The number of benzene rings is 3. The number of sulfonamides is 1. The van der Waals surface area contributed by atoms with Crippen LogP contribution in [0.1, 0.15) is 22.3 Å². The summed E-state index contributed by atoms with van der Waals surface area (Å²) in [6.07, 6.45) is 0. The highest BCUT2D eigenvalue weighted by atomic mass is 32.2. The van der Waals surface area contributed by atoms with Crippen molar-refractivity contribution in [3.8, 4) is 5.75 Å². The summed E-state index contributed by atoms with van der Waals surface area (Å²) in [5, 5.41) is 0. The van der Waals surface area contributed by atoms with Crippen LogP contribution in [0.3, 0.4) is 0 Å². The van der Waals surface area contributed by atoms with Gasteiger partial charge in [0, 0.05) is 13.1 Å². The zero-order valence-electron chi connectivity index (χ0n) is 16.4. The summed E-state index contributed by atoms with van der Waals surface area (Å²) >= 11 is 0. The topological polar surface area (TPSA) is 46.6 Å². The number of rotatable bonds is 7. The van der Waals surface area contributed by atoms with Gasteiger partial charge < -0.3 is 4.74 Å². The Morgan fingerprint density at radius 1 is 0.786 bits per heavy atom. The van der Waals surface area contributed by atoms with E-state index in [9.17, 15) is 8.42 Å². The average molecular weight is 396 g/mol. The zero-order chi connectivity index (χ0) is 20.1. The number of hydrogen-bond donors (Lipinski definition) is 0. The monoisotopic (exact) mass is 395 g/mol. The van der Waals surface area contributed by atoms with Gasteiger partial charge in [-0.25, -0.2) is 8.42 Å². The van der Waals surface area contributed by atoms with Gasteiger partial charge in [-0.1, -0.05) is 60.7 Å². The molecule has 0 aliphatic carbocycles. The lowest BCUT2D eigenvalue weighted by Crippen LogP contribution is -2.30. The molecule has 0 fully saturated rings. The van der Waals surface area contributed by atoms with E-state index in [2.05, 4.69) is 0 Å². The van der Waals surface area contributed by atoms with Crippen molar-refractivity contribution in [3.63, 3.8) is 0 Å². The summed E-state index contributed by atoms with van der Waals surface area (Å²) in [7, 11) is -2.27. The number of hydrogen-bond acceptors (Lipinski definition) is 3. The number of ether oxygens (including phenoxy) is 1. The van der Waals surface area contributed by atoms with Gasteiger partial charge in [0.2, 0.25) is 10.0 Å². The minimum Gasteiger partial charge on any atom is -0.495 e. The first-order chi connectivity index (χ1) is 13.4. The zero-order valence-corrected chi connectivity index (χ0v) is 17.2. The van der Waals surface area contributed by atoms with Crippen LogP contribution in [0.5, 0.6) is 5.75 Å². The Balaban J connectivity index is 2.06. The standard InChI is InChI=1S/C23H25NO3S/c1-18-14-22(27-3)23(15-19(18)2)28(25,26)24(16-20-10-6-4-7-11-20)17-21-12-8-5-9-13-21/h4-15H,16-17H2,1-3H3. The molecule has 3 aromatic carbocycles. The van der Waals surface area contributed by atoms with E-state index in [1.165, 1.54) is 11.4 Å². The minimum atomic E-state index is -3.77. The van der Waals surface area contributed by atoms with Crippen molar-refractivity contribution in [2.24, 2.45) is 0 Å². The second-order valence-electron chi connectivity index (χ2n) is 6.83. The molecule has 3 aromatic rings. The maximum atomic E-state index is 13.6. The molecule has 0 amide bonds. The molecule has 0 aromatic heterocycles. The predicted molar refractivity (Wildman–Crippen MR) is 112 cm³/mol. The van der Waals surface area contributed by atoms with Crippen molar-refractivity contribution in [1.82, 2.24) is 4.31 Å². The summed E-state index contributed by atoms with van der Waals surface area (Å²) in [6, 6.07) is 22.7. The quantitative estimate of drug-likeness (QED) is 0.582. The van der Waals surface area contributed by atoms with Crippen LogP contribution in [0.15, 0.2) is 77.7 Å². The highest BCUT2D eigenvalue weighted by Crippen LogP contribution is 2.31. The summed E-state index contributed by atoms with van der Waals surface area (Å²) < 4.78 is 34.2. The lowest BCUT2D eigenvalue weighted by molar-refractivity contribution is 0.382. The van der Waals surface area contributed by atoms with Crippen molar-refractivity contribution >= 4 is 10.0 Å². The van der Waals surface area contributed by atoms with E-state index in [1.54, 1.807) is 12.1 Å². The molecule has 28 heavy (non-hydrogen) atoms. The molecule has 146 valence electrons. The summed E-state index contributed by atoms with van der Waals surface area (Å²) in [5.74, 6) is 0.370. The largest absolute Gasteiger partial charge is 0.495 e. The normalized spacial score (nSPS) is 11.6. The van der Waals surface area contributed by atoms with Gasteiger partial charge in [-0.2, -0.15) is 4.31 Å². The van der Waals surface area contributed by atoms with Crippen LogP contribution < -0.4 is 4.74 Å². The molecular weight excluding hydrogens is 370 g/mol. The van der Waals surface area contributed by atoms with Gasteiger partial charge in [-0.05, 0) is 48.2 Å². The van der Waals surface area contributed by atoms with Crippen molar-refractivity contribution in [3.05, 3.63) is 95.1 Å². The second kappa shape index (κ2) is 8.59. The molecular formula is C23H25NO3S. The summed E-state index contributed by atoms with van der Waals surface area (Å²) in [4.78, 5) is 0.199. The van der Waals surface area contributed by atoms with E-state index in [4.69, 9.17) is 4.74 Å². The maximum absolute atomic E-state index is 13.6. The van der Waals surface area contributed by atoms with Crippen LogP contribution in [-0.4, -0.2) is 19.8 Å². The molecule has 3 rings (SSSR count). The minimum absolute atomic E-state index is 0.199. The third kappa shape index (κ3) is 4.43. The number of nitrogens with zero attached hydrogens (tertiary/aromatic N) is 1. The highest BCUT2D eigenvalue weighted by molar-refractivity contribution is 7.89. The van der Waals surface area contributed by atoms with Crippen LogP contribution >= 0.6 is 0 Å². The molecule has 0 saturated carbocycles. The molecule has 5 heteroatoms. The molecule has 0 radical (unpaired) electrons. The SMILES string of the molecule is COc1cc(C)c(C)cc1S(=O)(=O)N(Cc1ccccc1)Cc1ccccc1. The smallest absolute Gasteiger partial charge is 0.247 e. The second-order valence-corrected chi connectivity index (χ2v) is 8.74. The Morgan fingerprint density at radius 3 is 1.71 bits per heavy atom. The van der Waals surface area contributed by atoms with E-state index in [-0.39, 0.29) is 18.0 Å². The maximum Gasteiger partial charge on any atom is 0.247 e. The van der Waals surface area contributed by atoms with Gasteiger partial charge in [0.05, 0.1) is 7.11 Å². The van der Waals surface area contributed by atoms with Gasteiger partial charge in [0.15, 0.2) is 0 Å². The first-order valence-electron chi connectivity index (χ1n) is 9.15. The van der Waals surface area contributed by atoms with Gasteiger partial charge in [0.25, 0.3) is 0 Å². The molecule has 0 spiro atoms. The van der Waals surface area contributed by atoms with E-state index in [0.717, 1.165) is 22.3 Å². The van der Waals surface area contributed by atoms with Gasteiger partial charge in [-0.3, -0.25) is 0 Å². The third-order valence-electron chi connectivity index (χ3n) is 4.80. The molecule has 0 saturated heterocycles. The predicted octanol–water partition coefficient (Wildman–Crippen LogP) is 4.70. The lowest BCUT2D eigenvalue weighted by Gasteiger charge is -2.24. The Morgan fingerprint density at radius 2 is 1.25 bits per heavy atom. The highest BCUT2D eigenvalue weighted by Gasteiger charge is 2.28. The molecule has 0 atom stereocenters. The number of methoxy groups -OCH3 is 1. The van der Waals surface area contributed by atoms with Crippen LogP contribution in [-0.2, 0) is 23.1 Å². The van der Waals surface area contributed by atoms with Gasteiger partial charge in [0.1, 0.15) is 10.6 Å². The van der Waals surface area contributed by atoms with E-state index in [0.29, 0.717) is 5.75 Å². The van der Waals surface area contributed by atoms with Crippen LogP contribution in [0.25, 0.3) is 0 Å². The van der Waals surface area contributed by atoms with Crippen LogP contribution in [0.4, 0.5) is 0 Å². The molecule has 0 unspecified atom stereocenters. The van der Waals surface area contributed by atoms with Crippen molar-refractivity contribution in [1.29, 1.82) is 0 Å². The molecule has 0 aliphatic heterocycles. The molecule has 0 bridgehead atoms. The first kappa shape index (κ1) is 20.1. The summed E-state index contributed by atoms with van der Waals surface area (Å²) in [6.45, 7) is 4.43. The van der Waals surface area contributed by atoms with E-state index in [1.807, 2.05) is 74.5 Å². The van der Waals surface area contributed by atoms with Crippen LogP contribution in [0.2, 0.25) is 0 Å². The molecule has 4 nitrogen and oxygen atoms in total. The average Bonchev–Trinajstić information content (AvgIpc) is 2.70. The fraction of sp³-hybridized carbons (Fsp3) is 0.217. The Kier molecular flexibility index (Phi) is 6.17. The van der Waals surface area contributed by atoms with Crippen molar-refractivity contribution in [2.45, 2.75) is 31.8 Å². The van der Waals surface area contributed by atoms with E-state index >= 15 is 0 Å². The van der Waals surface area contributed by atoms with Crippen molar-refractivity contribution < 1.29 is 13.2 Å². The number of aryl methyl sites for hydroxylation is 2. The fourth-order valence-corrected chi connectivity index (χ4v) is 4.70. The Bertz CT molecular complexity index is 991. The van der Waals surface area contributed by atoms with E-state index < -0.39 is 10.0 Å². The Hall–Kier alpha value is -2.63. The van der Waals surface area contributed by atoms with Crippen LogP contribution in [0, 0.1) is 13.8 Å². The fourth-order valence-electron chi connectivity index (χ4n) is 3.06. The first-order valence-corrected chi connectivity index (χ1v) is 10.6.